The lowest BCUT2D eigenvalue weighted by molar-refractivity contribution is 0.218. The zero-order chi connectivity index (χ0) is 22.4. The van der Waals surface area contributed by atoms with Crippen molar-refractivity contribution >= 4 is 28.5 Å². The van der Waals surface area contributed by atoms with Crippen molar-refractivity contribution in [1.29, 1.82) is 0 Å². The van der Waals surface area contributed by atoms with E-state index < -0.39 is 6.10 Å². The number of anilines is 1. The minimum absolute atomic E-state index is 0.218. The molecule has 1 atom stereocenters. The number of halogens is 1. The van der Waals surface area contributed by atoms with E-state index >= 15 is 0 Å². The van der Waals surface area contributed by atoms with E-state index in [1.165, 1.54) is 23.1 Å². The number of aryl methyl sites for hydroxylation is 1. The van der Waals surface area contributed by atoms with Crippen LogP contribution >= 0.6 is 11.6 Å². The Balaban J connectivity index is 1.50. The highest BCUT2D eigenvalue weighted by molar-refractivity contribution is 6.32. The molecule has 1 aliphatic rings. The zero-order valence-electron chi connectivity index (χ0n) is 18.2. The van der Waals surface area contributed by atoms with Crippen molar-refractivity contribution in [3.8, 4) is 17.1 Å². The molecule has 164 valence electrons. The Morgan fingerprint density at radius 2 is 2.09 bits per heavy atom. The van der Waals surface area contributed by atoms with E-state index in [1.807, 2.05) is 13.0 Å². The summed E-state index contributed by atoms with van der Waals surface area (Å²) in [5.74, 6) is 0.478. The number of nitrogens with two attached hydrogens (primary N) is 1. The molecule has 5 rings (SSSR count). The van der Waals surface area contributed by atoms with Gasteiger partial charge < -0.3 is 19.8 Å². The Labute approximate surface area is 191 Å². The number of nitrogens with zero attached hydrogens (tertiary/aromatic N) is 4. The standard InChI is InChI=1S/C24H24ClN5O2/c1-13-8-15(9-16-11-30(3)7-6-17(13)16)20-10-27-23(26)24(29-20)32-14(2)21-18(25)4-5-19-22(21)31-12-28-19/h4-5,8-10,12,14H,6-7,11H2,1-3H3,(H2,26,27). The van der Waals surface area contributed by atoms with Crippen LogP contribution in [-0.4, -0.2) is 33.4 Å². The average molecular weight is 450 g/mol. The van der Waals surface area contributed by atoms with Gasteiger partial charge in [-0.15, -0.1) is 0 Å². The van der Waals surface area contributed by atoms with Crippen molar-refractivity contribution in [2.24, 2.45) is 0 Å². The van der Waals surface area contributed by atoms with Crippen LogP contribution in [0.1, 0.15) is 35.3 Å². The summed E-state index contributed by atoms with van der Waals surface area (Å²) in [6.45, 7) is 6.02. The molecule has 0 amide bonds. The van der Waals surface area contributed by atoms with Crippen molar-refractivity contribution in [2.45, 2.75) is 32.9 Å². The number of oxazole rings is 1. The van der Waals surface area contributed by atoms with Crippen LogP contribution in [0.15, 0.2) is 41.3 Å². The monoisotopic (exact) mass is 449 g/mol. The van der Waals surface area contributed by atoms with Gasteiger partial charge in [0.05, 0.1) is 22.5 Å². The molecule has 0 spiro atoms. The van der Waals surface area contributed by atoms with Gasteiger partial charge in [0.25, 0.3) is 5.88 Å². The minimum Gasteiger partial charge on any atom is -0.467 e. The first-order chi connectivity index (χ1) is 15.4. The highest BCUT2D eigenvalue weighted by Gasteiger charge is 2.21. The number of hydrogen-bond donors (Lipinski definition) is 1. The largest absolute Gasteiger partial charge is 0.467 e. The lowest BCUT2D eigenvalue weighted by Gasteiger charge is -2.27. The van der Waals surface area contributed by atoms with Crippen molar-refractivity contribution < 1.29 is 9.15 Å². The maximum absolute atomic E-state index is 6.45. The highest BCUT2D eigenvalue weighted by atomic mass is 35.5. The van der Waals surface area contributed by atoms with E-state index in [9.17, 15) is 0 Å². The molecule has 0 saturated heterocycles. The van der Waals surface area contributed by atoms with Gasteiger partial charge in [0.15, 0.2) is 17.8 Å². The first-order valence-electron chi connectivity index (χ1n) is 10.5. The van der Waals surface area contributed by atoms with E-state index in [0.29, 0.717) is 27.4 Å². The van der Waals surface area contributed by atoms with Gasteiger partial charge in [0.2, 0.25) is 0 Å². The molecule has 4 aromatic rings. The van der Waals surface area contributed by atoms with E-state index in [4.69, 9.17) is 31.5 Å². The summed E-state index contributed by atoms with van der Waals surface area (Å²) >= 11 is 6.45. The number of aromatic nitrogens is 3. The molecular weight excluding hydrogens is 426 g/mol. The fourth-order valence-corrected chi connectivity index (χ4v) is 4.65. The van der Waals surface area contributed by atoms with Gasteiger partial charge in [-0.2, -0.15) is 0 Å². The van der Waals surface area contributed by atoms with Gasteiger partial charge in [-0.3, -0.25) is 0 Å². The number of likely N-dealkylation sites (N-methyl/N-ethyl adjacent to an activating group) is 1. The van der Waals surface area contributed by atoms with Crippen LogP contribution < -0.4 is 10.5 Å². The predicted molar refractivity (Wildman–Crippen MR) is 125 cm³/mol. The van der Waals surface area contributed by atoms with E-state index in [0.717, 1.165) is 25.1 Å². The van der Waals surface area contributed by atoms with Crippen molar-refractivity contribution in [3.63, 3.8) is 0 Å². The maximum atomic E-state index is 6.45. The van der Waals surface area contributed by atoms with Crippen LogP contribution in [0.2, 0.25) is 5.02 Å². The Morgan fingerprint density at radius 1 is 1.25 bits per heavy atom. The van der Waals surface area contributed by atoms with Crippen LogP contribution in [0, 0.1) is 6.92 Å². The maximum Gasteiger partial charge on any atom is 0.258 e. The van der Waals surface area contributed by atoms with Crippen molar-refractivity contribution in [2.75, 3.05) is 19.3 Å². The summed E-state index contributed by atoms with van der Waals surface area (Å²) in [7, 11) is 2.14. The van der Waals surface area contributed by atoms with Gasteiger partial charge in [-0.05, 0) is 68.3 Å². The van der Waals surface area contributed by atoms with Crippen molar-refractivity contribution in [3.05, 3.63) is 64.1 Å². The number of rotatable bonds is 4. The summed E-state index contributed by atoms with van der Waals surface area (Å²) < 4.78 is 11.7. The molecule has 0 bridgehead atoms. The molecule has 2 aromatic heterocycles. The van der Waals surface area contributed by atoms with Gasteiger partial charge in [-0.1, -0.05) is 11.6 Å². The lowest BCUT2D eigenvalue weighted by atomic mass is 9.92. The summed E-state index contributed by atoms with van der Waals surface area (Å²) in [6, 6.07) is 7.93. The Hall–Kier alpha value is -3.16. The van der Waals surface area contributed by atoms with Crippen LogP contribution in [0.3, 0.4) is 0 Å². The molecule has 32 heavy (non-hydrogen) atoms. The molecule has 0 fully saturated rings. The molecule has 0 saturated carbocycles. The minimum atomic E-state index is -0.468. The molecule has 3 heterocycles. The third-order valence-electron chi connectivity index (χ3n) is 5.99. The van der Waals surface area contributed by atoms with Crippen LogP contribution in [-0.2, 0) is 13.0 Å². The van der Waals surface area contributed by atoms with Crippen LogP contribution in [0.4, 0.5) is 5.82 Å². The number of benzene rings is 2. The van der Waals surface area contributed by atoms with Gasteiger partial charge in [-0.25, -0.2) is 15.0 Å². The smallest absolute Gasteiger partial charge is 0.258 e. The Morgan fingerprint density at radius 3 is 2.94 bits per heavy atom. The second-order valence-electron chi connectivity index (χ2n) is 8.29. The van der Waals surface area contributed by atoms with E-state index in [2.05, 4.69) is 41.0 Å². The quantitative estimate of drug-likeness (QED) is 0.471. The number of hydrogen-bond acceptors (Lipinski definition) is 7. The third kappa shape index (κ3) is 3.67. The first kappa shape index (κ1) is 20.7. The van der Waals surface area contributed by atoms with Crippen molar-refractivity contribution in [1.82, 2.24) is 19.9 Å². The second kappa shape index (κ2) is 8.07. The molecule has 2 N–H and O–H groups in total. The zero-order valence-corrected chi connectivity index (χ0v) is 19.0. The van der Waals surface area contributed by atoms with Crippen LogP contribution in [0.25, 0.3) is 22.4 Å². The van der Waals surface area contributed by atoms with Crippen LogP contribution in [0.5, 0.6) is 5.88 Å². The molecule has 0 aliphatic carbocycles. The molecule has 8 heteroatoms. The summed E-state index contributed by atoms with van der Waals surface area (Å²) in [6.07, 6.45) is 3.67. The van der Waals surface area contributed by atoms with E-state index in [-0.39, 0.29) is 11.7 Å². The second-order valence-corrected chi connectivity index (χ2v) is 8.69. The Bertz CT molecular complexity index is 1320. The van der Waals surface area contributed by atoms with Gasteiger partial charge >= 0.3 is 0 Å². The molecule has 1 aliphatic heterocycles. The fourth-order valence-electron chi connectivity index (χ4n) is 4.35. The molecule has 0 radical (unpaired) electrons. The SMILES string of the molecule is Cc1cc(-c2cnc(N)c(OC(C)c3c(Cl)ccc4ncoc34)n2)cc2c1CCN(C)C2. The average Bonchev–Trinajstić information content (AvgIpc) is 3.23. The third-order valence-corrected chi connectivity index (χ3v) is 6.32. The molecule has 7 nitrogen and oxygen atoms in total. The van der Waals surface area contributed by atoms with Gasteiger partial charge in [0, 0.05) is 18.7 Å². The summed E-state index contributed by atoms with van der Waals surface area (Å²) in [5, 5.41) is 0.527. The number of ether oxygens (including phenoxy) is 1. The number of nitrogen functional groups attached to an aromatic ring is 1. The summed E-state index contributed by atoms with van der Waals surface area (Å²) in [4.78, 5) is 15.6. The predicted octanol–water partition coefficient (Wildman–Crippen LogP) is 4.96. The number of fused-ring (bicyclic) bond motifs is 2. The molecule has 1 unspecified atom stereocenters. The lowest BCUT2D eigenvalue weighted by Crippen LogP contribution is -2.27. The normalized spacial score (nSPS) is 15.0. The first-order valence-corrected chi connectivity index (χ1v) is 10.9. The fraction of sp³-hybridized carbons (Fsp3) is 0.292. The topological polar surface area (TPSA) is 90.3 Å². The van der Waals surface area contributed by atoms with E-state index in [1.54, 1.807) is 12.3 Å². The summed E-state index contributed by atoms with van der Waals surface area (Å²) in [5.41, 5.74) is 13.8. The van der Waals surface area contributed by atoms with Gasteiger partial charge in [0.1, 0.15) is 11.6 Å². The Kier molecular flexibility index (Phi) is 5.23. The molecule has 2 aromatic carbocycles. The molecular formula is C24H24ClN5O2. The highest BCUT2D eigenvalue weighted by Crippen LogP contribution is 2.35.